The van der Waals surface area contributed by atoms with Crippen LogP contribution in [0.25, 0.3) is 22.4 Å². The molecular weight excluding hydrogens is 550 g/mol. The number of benzene rings is 4. The smallest absolute Gasteiger partial charge is 0.328 e. The fraction of sp³-hybridized carbons (Fsp3) is 0.167. The molecule has 2 N–H and O–H groups in total. The van der Waals surface area contributed by atoms with Crippen LogP contribution in [0, 0.1) is 0 Å². The minimum Gasteiger partial charge on any atom is -0.462 e. The number of anilines is 3. The van der Waals surface area contributed by atoms with Gasteiger partial charge >= 0.3 is 5.97 Å². The van der Waals surface area contributed by atoms with Gasteiger partial charge in [0.05, 0.1) is 12.2 Å². The lowest BCUT2D eigenvalue weighted by molar-refractivity contribution is -0.145. The molecule has 0 aliphatic rings. The lowest BCUT2D eigenvalue weighted by atomic mass is 10.0. The average Bonchev–Trinajstić information content (AvgIpc) is 3.08. The second-order valence-electron chi connectivity index (χ2n) is 10.2. The number of aromatic nitrogens is 2. The number of rotatable bonds is 12. The Kier molecular flexibility index (Phi) is 9.94. The maximum absolute atomic E-state index is 12.5. The van der Waals surface area contributed by atoms with Crippen LogP contribution >= 0.6 is 0 Å². The van der Waals surface area contributed by atoms with E-state index in [9.17, 15) is 9.59 Å². The minimum absolute atomic E-state index is 0.202. The first-order valence-electron chi connectivity index (χ1n) is 14.6. The van der Waals surface area contributed by atoms with Gasteiger partial charge in [0.2, 0.25) is 0 Å². The molecule has 0 radical (unpaired) electrons. The molecular formula is C36H35N5O3. The summed E-state index contributed by atoms with van der Waals surface area (Å²) in [4.78, 5) is 35.8. The van der Waals surface area contributed by atoms with Crippen molar-refractivity contribution in [3.8, 4) is 22.4 Å². The number of nitrogens with zero attached hydrogens (tertiary/aromatic N) is 3. The number of carbonyl (C=O) groups is 2. The highest BCUT2D eigenvalue weighted by Crippen LogP contribution is 2.27. The summed E-state index contributed by atoms with van der Waals surface area (Å²) in [6.45, 7) is 5.13. The quantitative estimate of drug-likeness (QED) is 0.157. The third kappa shape index (κ3) is 7.86. The van der Waals surface area contributed by atoms with Crippen LogP contribution < -0.4 is 15.5 Å². The Morgan fingerprint density at radius 1 is 0.795 bits per heavy atom. The molecule has 1 heterocycles. The van der Waals surface area contributed by atoms with Gasteiger partial charge in [0.1, 0.15) is 24.8 Å². The maximum Gasteiger partial charge on any atom is 0.328 e. The molecule has 0 bridgehead atoms. The van der Waals surface area contributed by atoms with E-state index in [1.807, 2.05) is 73.7 Å². The third-order valence-electron chi connectivity index (χ3n) is 7.16. The Labute approximate surface area is 257 Å². The van der Waals surface area contributed by atoms with Gasteiger partial charge < -0.3 is 20.3 Å². The number of likely N-dealkylation sites (N-methyl/N-ethyl adjacent to an activating group) is 1. The van der Waals surface area contributed by atoms with Crippen molar-refractivity contribution < 1.29 is 14.3 Å². The summed E-state index contributed by atoms with van der Waals surface area (Å²) in [7, 11) is 0. The van der Waals surface area contributed by atoms with Crippen LogP contribution in [0.15, 0.2) is 122 Å². The van der Waals surface area contributed by atoms with Gasteiger partial charge in [-0.15, -0.1) is 0 Å². The Hall–Kier alpha value is -5.50. The molecule has 5 rings (SSSR count). The normalized spacial score (nSPS) is 11.3. The van der Waals surface area contributed by atoms with Gasteiger partial charge in [0.15, 0.2) is 0 Å². The summed E-state index contributed by atoms with van der Waals surface area (Å²) in [5.74, 6) is -0.0871. The van der Waals surface area contributed by atoms with Crippen LogP contribution in [0.1, 0.15) is 24.2 Å². The highest BCUT2D eigenvalue weighted by molar-refractivity contribution is 5.96. The average molecular weight is 586 g/mol. The molecule has 44 heavy (non-hydrogen) atoms. The van der Waals surface area contributed by atoms with E-state index in [2.05, 4.69) is 49.8 Å². The maximum atomic E-state index is 12.5. The third-order valence-corrected chi connectivity index (χ3v) is 7.16. The number of hydrogen-bond acceptors (Lipinski definition) is 7. The molecule has 0 saturated carbocycles. The van der Waals surface area contributed by atoms with Crippen LogP contribution in [0.2, 0.25) is 0 Å². The summed E-state index contributed by atoms with van der Waals surface area (Å²) in [6.07, 6.45) is 1.56. The standard InChI is InChI=1S/C36H35N5O3/c1-3-41(21-22-44-36(43)26(2)39-35(42)28-13-8-5-9-14-28)32-19-17-31(18-20-32)40-34-24-33(37-25-38-34)30-16-10-15-29(23-30)27-11-6-4-7-12-27/h4-20,23-26H,3,21-22H2,1-2H3,(H,39,42)(H,37,38,40). The van der Waals surface area contributed by atoms with Crippen molar-refractivity contribution in [2.24, 2.45) is 0 Å². The van der Waals surface area contributed by atoms with Crippen molar-refractivity contribution in [1.82, 2.24) is 15.3 Å². The number of hydrogen-bond donors (Lipinski definition) is 2. The molecule has 5 aromatic rings. The number of amides is 1. The zero-order valence-electron chi connectivity index (χ0n) is 24.8. The van der Waals surface area contributed by atoms with Crippen molar-refractivity contribution in [3.63, 3.8) is 0 Å². The topological polar surface area (TPSA) is 96.5 Å². The van der Waals surface area contributed by atoms with E-state index in [-0.39, 0.29) is 12.5 Å². The van der Waals surface area contributed by atoms with Crippen LogP contribution in [-0.4, -0.2) is 47.6 Å². The molecule has 0 aliphatic carbocycles. The minimum atomic E-state index is -0.752. The van der Waals surface area contributed by atoms with Gasteiger partial charge in [-0.1, -0.05) is 66.7 Å². The van der Waals surface area contributed by atoms with E-state index in [0.29, 0.717) is 17.9 Å². The molecule has 1 aromatic heterocycles. The molecule has 8 nitrogen and oxygen atoms in total. The zero-order valence-corrected chi connectivity index (χ0v) is 24.8. The van der Waals surface area contributed by atoms with Crippen molar-refractivity contribution >= 4 is 29.1 Å². The molecule has 222 valence electrons. The number of esters is 1. The summed E-state index contributed by atoms with van der Waals surface area (Å²) in [6, 6.07) is 36.6. The van der Waals surface area contributed by atoms with Crippen LogP contribution in [0.3, 0.4) is 0 Å². The van der Waals surface area contributed by atoms with Crippen LogP contribution in [0.4, 0.5) is 17.2 Å². The van der Waals surface area contributed by atoms with E-state index in [1.165, 1.54) is 0 Å². The van der Waals surface area contributed by atoms with Gasteiger partial charge in [-0.2, -0.15) is 0 Å². The van der Waals surface area contributed by atoms with E-state index >= 15 is 0 Å². The molecule has 0 saturated heterocycles. The first kappa shape index (κ1) is 30.0. The largest absolute Gasteiger partial charge is 0.462 e. The highest BCUT2D eigenvalue weighted by Gasteiger charge is 2.18. The Bertz CT molecular complexity index is 1680. The summed E-state index contributed by atoms with van der Waals surface area (Å²) in [5.41, 5.74) is 6.52. The molecule has 1 unspecified atom stereocenters. The van der Waals surface area contributed by atoms with Crippen LogP contribution in [-0.2, 0) is 9.53 Å². The number of carbonyl (C=O) groups excluding carboxylic acids is 2. The number of ether oxygens (including phenoxy) is 1. The predicted octanol–water partition coefficient (Wildman–Crippen LogP) is 6.74. The second kappa shape index (κ2) is 14.6. The lowest BCUT2D eigenvalue weighted by Crippen LogP contribution is -2.40. The Balaban J connectivity index is 1.15. The molecule has 8 heteroatoms. The van der Waals surface area contributed by atoms with Gasteiger partial charge in [-0.05, 0) is 67.4 Å². The van der Waals surface area contributed by atoms with Gasteiger partial charge in [0, 0.05) is 35.1 Å². The monoisotopic (exact) mass is 585 g/mol. The van der Waals surface area contributed by atoms with E-state index < -0.39 is 12.0 Å². The molecule has 0 aliphatic heterocycles. The molecule has 4 aromatic carbocycles. The first-order chi connectivity index (χ1) is 21.5. The highest BCUT2D eigenvalue weighted by atomic mass is 16.5. The first-order valence-corrected chi connectivity index (χ1v) is 14.6. The zero-order chi connectivity index (χ0) is 30.7. The molecule has 0 spiro atoms. The van der Waals surface area contributed by atoms with Crippen molar-refractivity contribution in [3.05, 3.63) is 127 Å². The van der Waals surface area contributed by atoms with E-state index in [4.69, 9.17) is 4.74 Å². The van der Waals surface area contributed by atoms with Gasteiger partial charge in [0.25, 0.3) is 5.91 Å². The lowest BCUT2D eigenvalue weighted by Gasteiger charge is -2.23. The summed E-state index contributed by atoms with van der Waals surface area (Å²) >= 11 is 0. The molecule has 1 amide bonds. The van der Waals surface area contributed by atoms with Crippen molar-refractivity contribution in [1.29, 1.82) is 0 Å². The molecule has 1 atom stereocenters. The fourth-order valence-electron chi connectivity index (χ4n) is 4.76. The Morgan fingerprint density at radius 2 is 1.48 bits per heavy atom. The summed E-state index contributed by atoms with van der Waals surface area (Å²) < 4.78 is 5.46. The van der Waals surface area contributed by atoms with E-state index in [0.717, 1.165) is 40.3 Å². The fourth-order valence-corrected chi connectivity index (χ4v) is 4.76. The van der Waals surface area contributed by atoms with Gasteiger partial charge in [-0.25, -0.2) is 14.8 Å². The van der Waals surface area contributed by atoms with E-state index in [1.54, 1.807) is 37.5 Å². The SMILES string of the molecule is CCN(CCOC(=O)C(C)NC(=O)c1ccccc1)c1ccc(Nc2cc(-c3cccc(-c4ccccc4)c3)ncn2)cc1. The van der Waals surface area contributed by atoms with Crippen LogP contribution in [0.5, 0.6) is 0 Å². The van der Waals surface area contributed by atoms with Gasteiger partial charge in [-0.3, -0.25) is 4.79 Å². The number of nitrogens with one attached hydrogen (secondary N) is 2. The summed E-state index contributed by atoms with van der Waals surface area (Å²) in [5, 5.41) is 6.05. The predicted molar refractivity (Wildman–Crippen MR) is 175 cm³/mol. The van der Waals surface area contributed by atoms with Crippen molar-refractivity contribution in [2.75, 3.05) is 29.9 Å². The second-order valence-corrected chi connectivity index (χ2v) is 10.2. The van der Waals surface area contributed by atoms with Crippen molar-refractivity contribution in [2.45, 2.75) is 19.9 Å². The molecule has 0 fully saturated rings. The Morgan fingerprint density at radius 3 is 2.20 bits per heavy atom.